The molecule has 7 nitrogen and oxygen atoms in total. The highest BCUT2D eigenvalue weighted by Gasteiger charge is 2.23. The van der Waals surface area contributed by atoms with Crippen molar-refractivity contribution in [2.24, 2.45) is 0 Å². The van der Waals surface area contributed by atoms with Crippen LogP contribution in [0.1, 0.15) is 36.5 Å². The summed E-state index contributed by atoms with van der Waals surface area (Å²) in [7, 11) is 0. The van der Waals surface area contributed by atoms with Gasteiger partial charge in [0.25, 0.3) is 0 Å². The van der Waals surface area contributed by atoms with E-state index >= 15 is 0 Å². The summed E-state index contributed by atoms with van der Waals surface area (Å²) in [4.78, 5) is 36.7. The second-order valence-electron chi connectivity index (χ2n) is 8.20. The van der Waals surface area contributed by atoms with Gasteiger partial charge in [0.1, 0.15) is 17.2 Å². The van der Waals surface area contributed by atoms with Crippen molar-refractivity contribution in [3.8, 4) is 11.1 Å². The molecule has 1 atom stereocenters. The minimum absolute atomic E-state index is 0.184. The number of furan rings is 1. The number of hydrogen-bond acceptors (Lipinski definition) is 5. The summed E-state index contributed by atoms with van der Waals surface area (Å²) in [5, 5.41) is 13.3. The number of aliphatic carboxylic acids is 1. The summed E-state index contributed by atoms with van der Waals surface area (Å²) in [5.74, 6) is -1.65. The Kier molecular flexibility index (Phi) is 6.05. The van der Waals surface area contributed by atoms with Crippen molar-refractivity contribution in [2.45, 2.75) is 46.1 Å². The molecule has 33 heavy (non-hydrogen) atoms. The van der Waals surface area contributed by atoms with E-state index in [4.69, 9.17) is 8.83 Å². The first kappa shape index (κ1) is 22.3. The van der Waals surface area contributed by atoms with Gasteiger partial charge >= 0.3 is 11.6 Å². The Bertz CT molecular complexity index is 1410. The standard InChI is InChI=1S/C26H25NO6/c1-4-8-19(25(29)30)27-21(28)12-17-15(3)23-20(33-26(17)31)11-14(2)22-18(13-32-24(22)23)16-9-6-5-7-10-16/h5-7,9-11,13,19H,4,8,12H2,1-3H3,(H,27,28)(H,29,30)/t19-/m0/s1. The maximum atomic E-state index is 12.7. The number of benzene rings is 2. The van der Waals surface area contributed by atoms with Gasteiger partial charge in [-0.05, 0) is 43.0 Å². The molecule has 0 bridgehead atoms. The maximum absolute atomic E-state index is 12.7. The van der Waals surface area contributed by atoms with Crippen molar-refractivity contribution in [1.29, 1.82) is 0 Å². The summed E-state index contributed by atoms with van der Waals surface area (Å²) >= 11 is 0. The lowest BCUT2D eigenvalue weighted by atomic mass is 9.96. The number of rotatable bonds is 7. The Balaban J connectivity index is 1.81. The van der Waals surface area contributed by atoms with Gasteiger partial charge in [-0.25, -0.2) is 9.59 Å². The van der Waals surface area contributed by atoms with Crippen LogP contribution >= 0.6 is 0 Å². The molecule has 2 aromatic heterocycles. The van der Waals surface area contributed by atoms with Crippen molar-refractivity contribution < 1.29 is 23.5 Å². The van der Waals surface area contributed by atoms with E-state index < -0.39 is 23.5 Å². The van der Waals surface area contributed by atoms with Gasteiger partial charge < -0.3 is 19.3 Å². The van der Waals surface area contributed by atoms with E-state index in [9.17, 15) is 19.5 Å². The average Bonchev–Trinajstić information content (AvgIpc) is 3.22. The lowest BCUT2D eigenvalue weighted by Crippen LogP contribution is -2.41. The van der Waals surface area contributed by atoms with Crippen LogP contribution in [0.15, 0.2) is 56.3 Å². The van der Waals surface area contributed by atoms with E-state index in [1.54, 1.807) is 19.3 Å². The van der Waals surface area contributed by atoms with E-state index in [-0.39, 0.29) is 12.0 Å². The summed E-state index contributed by atoms with van der Waals surface area (Å²) in [6.07, 6.45) is 2.32. The highest BCUT2D eigenvalue weighted by molar-refractivity contribution is 6.11. The van der Waals surface area contributed by atoms with Crippen LogP contribution in [-0.4, -0.2) is 23.0 Å². The molecule has 4 rings (SSSR count). The molecule has 0 aliphatic heterocycles. The first-order chi connectivity index (χ1) is 15.8. The van der Waals surface area contributed by atoms with Crippen LogP contribution in [0.2, 0.25) is 0 Å². The SMILES string of the molecule is CCC[C@H](NC(=O)Cc1c(C)c2c(cc(C)c3c(-c4ccccc4)coc32)oc1=O)C(=O)O. The van der Waals surface area contributed by atoms with Gasteiger partial charge in [-0.2, -0.15) is 0 Å². The molecule has 2 N–H and O–H groups in total. The molecular weight excluding hydrogens is 422 g/mol. The Morgan fingerprint density at radius 2 is 1.85 bits per heavy atom. The molecule has 7 heteroatoms. The van der Waals surface area contributed by atoms with Crippen molar-refractivity contribution in [3.05, 3.63) is 69.8 Å². The second-order valence-corrected chi connectivity index (χ2v) is 8.20. The molecule has 0 fully saturated rings. The van der Waals surface area contributed by atoms with Gasteiger partial charge in [0, 0.05) is 10.9 Å². The Hall–Kier alpha value is -3.87. The number of nitrogens with one attached hydrogen (secondary N) is 1. The second kappa shape index (κ2) is 8.94. The van der Waals surface area contributed by atoms with Crippen LogP contribution in [0.5, 0.6) is 0 Å². The Morgan fingerprint density at radius 3 is 2.52 bits per heavy atom. The number of carboxylic acid groups (broad SMARTS) is 1. The molecule has 0 aliphatic carbocycles. The van der Waals surface area contributed by atoms with Gasteiger partial charge in [0.05, 0.1) is 23.6 Å². The number of carboxylic acids is 1. The molecule has 0 aliphatic rings. The van der Waals surface area contributed by atoms with E-state index in [0.717, 1.165) is 22.1 Å². The molecule has 0 radical (unpaired) electrons. The van der Waals surface area contributed by atoms with Crippen molar-refractivity contribution in [1.82, 2.24) is 5.32 Å². The van der Waals surface area contributed by atoms with Crippen LogP contribution < -0.4 is 10.9 Å². The number of hydrogen-bond donors (Lipinski definition) is 2. The molecule has 0 saturated heterocycles. The molecule has 2 heterocycles. The zero-order valence-electron chi connectivity index (χ0n) is 18.7. The molecule has 1 amide bonds. The third kappa shape index (κ3) is 4.14. The zero-order valence-corrected chi connectivity index (χ0v) is 18.7. The summed E-state index contributed by atoms with van der Waals surface area (Å²) in [6, 6.07) is 10.7. The number of amides is 1. The normalized spacial score (nSPS) is 12.2. The predicted molar refractivity (Wildman–Crippen MR) is 125 cm³/mol. The van der Waals surface area contributed by atoms with Crippen molar-refractivity contribution in [2.75, 3.05) is 0 Å². The van der Waals surface area contributed by atoms with E-state index in [2.05, 4.69) is 5.32 Å². The topological polar surface area (TPSA) is 110 Å². The fourth-order valence-electron chi connectivity index (χ4n) is 4.27. The zero-order chi connectivity index (χ0) is 23.7. The van der Waals surface area contributed by atoms with E-state index in [1.165, 1.54) is 0 Å². The highest BCUT2D eigenvalue weighted by Crippen LogP contribution is 2.38. The van der Waals surface area contributed by atoms with Gasteiger partial charge in [-0.1, -0.05) is 43.7 Å². The quantitative estimate of drug-likeness (QED) is 0.396. The highest BCUT2D eigenvalue weighted by atomic mass is 16.4. The Labute approximate surface area is 190 Å². The average molecular weight is 447 g/mol. The Morgan fingerprint density at radius 1 is 1.12 bits per heavy atom. The van der Waals surface area contributed by atoms with Crippen molar-refractivity contribution >= 4 is 33.8 Å². The molecular formula is C26H25NO6. The van der Waals surface area contributed by atoms with Crippen LogP contribution in [0, 0.1) is 13.8 Å². The number of aryl methyl sites for hydroxylation is 2. The van der Waals surface area contributed by atoms with Gasteiger partial charge in [-0.15, -0.1) is 0 Å². The fraction of sp³-hybridized carbons (Fsp3) is 0.269. The molecule has 2 aromatic carbocycles. The third-order valence-electron chi connectivity index (χ3n) is 5.92. The molecule has 4 aromatic rings. The molecule has 0 unspecified atom stereocenters. The van der Waals surface area contributed by atoms with Gasteiger partial charge in [-0.3, -0.25) is 4.79 Å². The van der Waals surface area contributed by atoms with E-state index in [1.807, 2.05) is 44.2 Å². The third-order valence-corrected chi connectivity index (χ3v) is 5.92. The monoisotopic (exact) mass is 447 g/mol. The lowest BCUT2D eigenvalue weighted by molar-refractivity contribution is -0.141. The molecule has 0 spiro atoms. The van der Waals surface area contributed by atoms with Crippen LogP contribution in [0.25, 0.3) is 33.1 Å². The van der Waals surface area contributed by atoms with Crippen LogP contribution in [0.4, 0.5) is 0 Å². The number of carbonyl (C=O) groups excluding carboxylic acids is 1. The smallest absolute Gasteiger partial charge is 0.340 e. The van der Waals surface area contributed by atoms with Crippen LogP contribution in [-0.2, 0) is 16.0 Å². The minimum atomic E-state index is -1.10. The van der Waals surface area contributed by atoms with Gasteiger partial charge in [0.15, 0.2) is 0 Å². The lowest BCUT2D eigenvalue weighted by Gasteiger charge is -2.14. The van der Waals surface area contributed by atoms with Crippen LogP contribution in [0.3, 0.4) is 0 Å². The van der Waals surface area contributed by atoms with E-state index in [0.29, 0.717) is 35.0 Å². The molecule has 170 valence electrons. The largest absolute Gasteiger partial charge is 0.480 e. The summed E-state index contributed by atoms with van der Waals surface area (Å²) < 4.78 is 11.5. The minimum Gasteiger partial charge on any atom is -0.480 e. The maximum Gasteiger partial charge on any atom is 0.340 e. The summed E-state index contributed by atoms with van der Waals surface area (Å²) in [5.41, 5.74) is 3.95. The number of carbonyl (C=O) groups is 2. The first-order valence-electron chi connectivity index (χ1n) is 10.9. The predicted octanol–water partition coefficient (Wildman–Crippen LogP) is 4.74. The summed E-state index contributed by atoms with van der Waals surface area (Å²) in [6.45, 7) is 5.52. The number of fused-ring (bicyclic) bond motifs is 3. The first-order valence-corrected chi connectivity index (χ1v) is 10.9. The fourth-order valence-corrected chi connectivity index (χ4v) is 4.27. The van der Waals surface area contributed by atoms with Crippen molar-refractivity contribution in [3.63, 3.8) is 0 Å². The van der Waals surface area contributed by atoms with Gasteiger partial charge in [0.2, 0.25) is 5.91 Å². The molecule has 0 saturated carbocycles.